The minimum atomic E-state index is -0.648. The largest absolute Gasteiger partial charge is 0.444 e. The van der Waals surface area contributed by atoms with Crippen molar-refractivity contribution in [3.63, 3.8) is 0 Å². The second-order valence-corrected chi connectivity index (χ2v) is 9.20. The highest BCUT2D eigenvalue weighted by Gasteiger charge is 2.25. The fourth-order valence-electron chi connectivity index (χ4n) is 2.68. The van der Waals surface area contributed by atoms with E-state index in [1.807, 2.05) is 20.8 Å². The SMILES string of the molecule is COCCN(C(=O)OC(C)(C)C)c1ccnn2c(C#CCCNC(=O)OC(C)(C)C)cnc12. The van der Waals surface area contributed by atoms with Crippen LogP contribution >= 0.6 is 0 Å². The Hall–Kier alpha value is -3.32. The van der Waals surface area contributed by atoms with Gasteiger partial charge in [0.1, 0.15) is 16.9 Å². The monoisotopic (exact) mass is 459 g/mol. The van der Waals surface area contributed by atoms with Crippen molar-refractivity contribution < 1.29 is 23.8 Å². The number of amides is 2. The number of anilines is 1. The number of alkyl carbamates (subject to hydrolysis) is 1. The molecule has 180 valence electrons. The number of nitrogens with one attached hydrogen (secondary N) is 1. The fourth-order valence-corrected chi connectivity index (χ4v) is 2.68. The van der Waals surface area contributed by atoms with Gasteiger partial charge in [-0.25, -0.2) is 19.1 Å². The number of rotatable bonds is 6. The first kappa shape index (κ1) is 25.9. The number of methoxy groups -OCH3 is 1. The molecule has 10 heteroatoms. The molecule has 0 aliphatic heterocycles. The molecule has 0 saturated heterocycles. The van der Waals surface area contributed by atoms with E-state index in [-0.39, 0.29) is 6.54 Å². The predicted octanol–water partition coefficient (Wildman–Crippen LogP) is 3.38. The minimum absolute atomic E-state index is 0.287. The van der Waals surface area contributed by atoms with Crippen LogP contribution in [0.25, 0.3) is 5.65 Å². The number of aromatic nitrogens is 3. The third kappa shape index (κ3) is 8.27. The average molecular weight is 460 g/mol. The van der Waals surface area contributed by atoms with Gasteiger partial charge in [0.05, 0.1) is 31.2 Å². The van der Waals surface area contributed by atoms with E-state index in [1.54, 1.807) is 50.9 Å². The van der Waals surface area contributed by atoms with Gasteiger partial charge < -0.3 is 19.5 Å². The van der Waals surface area contributed by atoms with Gasteiger partial charge in [0.25, 0.3) is 0 Å². The Balaban J connectivity index is 2.17. The van der Waals surface area contributed by atoms with Crippen LogP contribution in [0.5, 0.6) is 0 Å². The first-order valence-electron chi connectivity index (χ1n) is 10.7. The Labute approximate surface area is 194 Å². The zero-order valence-corrected chi connectivity index (χ0v) is 20.4. The van der Waals surface area contributed by atoms with E-state index in [0.29, 0.717) is 36.6 Å². The van der Waals surface area contributed by atoms with Gasteiger partial charge in [-0.05, 0) is 53.5 Å². The van der Waals surface area contributed by atoms with E-state index in [0.717, 1.165) is 0 Å². The molecule has 0 atom stereocenters. The molecule has 0 unspecified atom stereocenters. The maximum atomic E-state index is 12.8. The predicted molar refractivity (Wildman–Crippen MR) is 124 cm³/mol. The standard InChI is InChI=1S/C23H33N5O5/c1-22(2,3)32-20(29)24-12-9-8-10-17-16-25-19-18(11-13-26-28(17)19)27(14-15-31-7)21(30)33-23(4,5)6/h11,13,16H,9,12,14-15H2,1-7H3,(H,24,29). The molecule has 33 heavy (non-hydrogen) atoms. The van der Waals surface area contributed by atoms with Gasteiger partial charge in [-0.15, -0.1) is 0 Å². The molecule has 0 aliphatic rings. The van der Waals surface area contributed by atoms with Gasteiger partial charge in [-0.3, -0.25) is 4.90 Å². The summed E-state index contributed by atoms with van der Waals surface area (Å²) in [4.78, 5) is 30.4. The maximum absolute atomic E-state index is 12.8. The van der Waals surface area contributed by atoms with Crippen molar-refractivity contribution in [1.82, 2.24) is 19.9 Å². The molecule has 0 aromatic carbocycles. The molecule has 0 radical (unpaired) electrons. The van der Waals surface area contributed by atoms with Crippen molar-refractivity contribution in [2.45, 2.75) is 59.2 Å². The maximum Gasteiger partial charge on any atom is 0.415 e. The average Bonchev–Trinajstić information content (AvgIpc) is 3.09. The molecule has 2 heterocycles. The van der Waals surface area contributed by atoms with E-state index < -0.39 is 23.4 Å². The van der Waals surface area contributed by atoms with E-state index in [2.05, 4.69) is 27.2 Å². The van der Waals surface area contributed by atoms with Crippen molar-refractivity contribution >= 4 is 23.5 Å². The normalized spacial score (nSPS) is 11.5. The van der Waals surface area contributed by atoms with Gasteiger partial charge in [0.15, 0.2) is 5.65 Å². The van der Waals surface area contributed by atoms with Gasteiger partial charge in [-0.2, -0.15) is 5.10 Å². The summed E-state index contributed by atoms with van der Waals surface area (Å²) in [6.07, 6.45) is 2.59. The number of imidazole rings is 1. The van der Waals surface area contributed by atoms with Crippen LogP contribution in [0.15, 0.2) is 18.5 Å². The van der Waals surface area contributed by atoms with Crippen LogP contribution in [0.3, 0.4) is 0 Å². The third-order valence-electron chi connectivity index (χ3n) is 3.94. The van der Waals surface area contributed by atoms with Crippen LogP contribution in [0.4, 0.5) is 15.3 Å². The summed E-state index contributed by atoms with van der Waals surface area (Å²) in [5.74, 6) is 5.99. The van der Waals surface area contributed by atoms with Crippen LogP contribution in [0.1, 0.15) is 53.7 Å². The summed E-state index contributed by atoms with van der Waals surface area (Å²) in [5, 5.41) is 6.98. The highest BCUT2D eigenvalue weighted by molar-refractivity contribution is 5.92. The molecule has 2 rings (SSSR count). The van der Waals surface area contributed by atoms with Crippen LogP contribution < -0.4 is 10.2 Å². The number of hydrogen-bond acceptors (Lipinski definition) is 7. The molecule has 0 bridgehead atoms. The molecule has 2 amide bonds. The Morgan fingerprint density at radius 1 is 1.15 bits per heavy atom. The highest BCUT2D eigenvalue weighted by atomic mass is 16.6. The lowest BCUT2D eigenvalue weighted by molar-refractivity contribution is 0.0526. The fraction of sp³-hybridized carbons (Fsp3) is 0.565. The first-order chi connectivity index (χ1) is 15.4. The van der Waals surface area contributed by atoms with Crippen LogP contribution in [0, 0.1) is 11.8 Å². The van der Waals surface area contributed by atoms with Crippen molar-refractivity contribution in [2.75, 3.05) is 31.7 Å². The van der Waals surface area contributed by atoms with Crippen molar-refractivity contribution in [2.24, 2.45) is 0 Å². The summed E-state index contributed by atoms with van der Waals surface area (Å²) < 4.78 is 17.5. The third-order valence-corrected chi connectivity index (χ3v) is 3.94. The van der Waals surface area contributed by atoms with Crippen molar-refractivity contribution in [3.05, 3.63) is 24.2 Å². The second kappa shape index (κ2) is 11.0. The molecule has 0 spiro atoms. The molecule has 0 fully saturated rings. The molecular weight excluding hydrogens is 426 g/mol. The first-order valence-corrected chi connectivity index (χ1v) is 10.7. The second-order valence-electron chi connectivity index (χ2n) is 9.20. The number of hydrogen-bond donors (Lipinski definition) is 1. The molecule has 2 aromatic rings. The highest BCUT2D eigenvalue weighted by Crippen LogP contribution is 2.23. The van der Waals surface area contributed by atoms with Gasteiger partial charge in [0, 0.05) is 20.1 Å². The van der Waals surface area contributed by atoms with E-state index in [1.165, 1.54) is 4.90 Å². The molecule has 10 nitrogen and oxygen atoms in total. The van der Waals surface area contributed by atoms with Crippen molar-refractivity contribution in [1.29, 1.82) is 0 Å². The summed E-state index contributed by atoms with van der Waals surface area (Å²) in [6, 6.07) is 1.70. The smallest absolute Gasteiger partial charge is 0.415 e. The molecule has 2 aromatic heterocycles. The zero-order chi connectivity index (χ0) is 24.6. The number of ether oxygens (including phenoxy) is 3. The van der Waals surface area contributed by atoms with E-state index >= 15 is 0 Å². The van der Waals surface area contributed by atoms with Gasteiger partial charge in [-0.1, -0.05) is 5.92 Å². The minimum Gasteiger partial charge on any atom is -0.444 e. The van der Waals surface area contributed by atoms with Crippen molar-refractivity contribution in [3.8, 4) is 11.8 Å². The number of fused-ring (bicyclic) bond motifs is 1. The summed E-state index contributed by atoms with van der Waals surface area (Å²) in [6.45, 7) is 11.8. The number of nitrogens with zero attached hydrogens (tertiary/aromatic N) is 4. The molecular formula is C23H33N5O5. The Bertz CT molecular complexity index is 1020. The van der Waals surface area contributed by atoms with Gasteiger partial charge in [0.2, 0.25) is 0 Å². The lowest BCUT2D eigenvalue weighted by atomic mass is 10.2. The number of carbonyl (C=O) groups excluding carboxylic acids is 2. The Morgan fingerprint density at radius 2 is 1.85 bits per heavy atom. The molecule has 0 saturated carbocycles. The molecule has 0 aliphatic carbocycles. The topological polar surface area (TPSA) is 107 Å². The Morgan fingerprint density at radius 3 is 2.48 bits per heavy atom. The van der Waals surface area contributed by atoms with Gasteiger partial charge >= 0.3 is 12.2 Å². The summed E-state index contributed by atoms with van der Waals surface area (Å²) >= 11 is 0. The lowest BCUT2D eigenvalue weighted by Gasteiger charge is -2.27. The van der Waals surface area contributed by atoms with Crippen LogP contribution in [-0.2, 0) is 14.2 Å². The zero-order valence-electron chi connectivity index (χ0n) is 20.4. The van der Waals surface area contributed by atoms with E-state index in [4.69, 9.17) is 14.2 Å². The quantitative estimate of drug-likeness (QED) is 0.521. The molecule has 1 N–H and O–H groups in total. The lowest BCUT2D eigenvalue weighted by Crippen LogP contribution is -2.39. The number of carbonyl (C=O) groups is 2. The van der Waals surface area contributed by atoms with Crippen LogP contribution in [-0.4, -0.2) is 64.8 Å². The van der Waals surface area contributed by atoms with E-state index in [9.17, 15) is 9.59 Å². The summed E-state index contributed by atoms with van der Waals surface area (Å²) in [7, 11) is 1.57. The van der Waals surface area contributed by atoms with Crippen LogP contribution in [0.2, 0.25) is 0 Å². The Kier molecular flexibility index (Phi) is 8.65. The summed E-state index contributed by atoms with van der Waals surface area (Å²) in [5.41, 5.74) is 0.364.